The van der Waals surface area contributed by atoms with Crippen LogP contribution < -0.4 is 19.7 Å². The summed E-state index contributed by atoms with van der Waals surface area (Å²) in [6.07, 6.45) is 1.17. The average molecular weight is 464 g/mol. The normalized spacial score (nSPS) is 15.2. The zero-order valence-corrected chi connectivity index (χ0v) is 18.9. The predicted molar refractivity (Wildman–Crippen MR) is 119 cm³/mol. The van der Waals surface area contributed by atoms with Gasteiger partial charge in [0.2, 0.25) is 21.8 Å². The molecule has 0 aliphatic carbocycles. The minimum atomic E-state index is -4.27. The third-order valence-corrected chi connectivity index (χ3v) is 6.64. The molecule has 2 aromatic carbocycles. The number of rotatable bonds is 8. The van der Waals surface area contributed by atoms with Gasteiger partial charge in [-0.05, 0) is 42.7 Å². The number of amides is 2. The van der Waals surface area contributed by atoms with Gasteiger partial charge in [-0.15, -0.1) is 0 Å². The molecule has 3 rings (SSSR count). The number of carbonyl (C=O) groups excluding carboxylic acids is 2. The van der Waals surface area contributed by atoms with Gasteiger partial charge < -0.3 is 15.0 Å². The van der Waals surface area contributed by atoms with Gasteiger partial charge in [0.25, 0.3) is 0 Å². The van der Waals surface area contributed by atoms with Crippen LogP contribution in [-0.2, 0) is 19.6 Å². The van der Waals surface area contributed by atoms with E-state index >= 15 is 0 Å². The van der Waals surface area contributed by atoms with E-state index < -0.39 is 38.6 Å². The van der Waals surface area contributed by atoms with Crippen molar-refractivity contribution in [1.82, 2.24) is 4.72 Å². The van der Waals surface area contributed by atoms with Crippen LogP contribution in [0, 0.1) is 11.7 Å². The number of carbonyl (C=O) groups is 2. The van der Waals surface area contributed by atoms with E-state index in [1.165, 1.54) is 19.2 Å². The molecule has 2 amide bonds. The first-order valence-electron chi connectivity index (χ1n) is 10.2. The fourth-order valence-corrected chi connectivity index (χ4v) is 4.91. The van der Waals surface area contributed by atoms with Gasteiger partial charge in [0.15, 0.2) is 0 Å². The summed E-state index contributed by atoms with van der Waals surface area (Å²) in [4.78, 5) is 26.2. The summed E-state index contributed by atoms with van der Waals surface area (Å²) < 4.78 is 47.0. The quantitative estimate of drug-likeness (QED) is 0.626. The van der Waals surface area contributed by atoms with Gasteiger partial charge >= 0.3 is 0 Å². The minimum absolute atomic E-state index is 0.0375. The van der Waals surface area contributed by atoms with Crippen molar-refractivity contribution < 1.29 is 27.1 Å². The SMILES string of the molecule is COc1ccc(NC(=O)[C@@H](NS(=O)(=O)c2ccccc2F)C(C)C)cc1N1CCCC1=O. The molecule has 2 N–H and O–H groups in total. The zero-order chi connectivity index (χ0) is 23.5. The van der Waals surface area contributed by atoms with Crippen LogP contribution in [0.3, 0.4) is 0 Å². The van der Waals surface area contributed by atoms with E-state index in [-0.39, 0.29) is 5.91 Å². The molecule has 2 aromatic rings. The molecule has 0 aromatic heterocycles. The second-order valence-electron chi connectivity index (χ2n) is 7.80. The largest absolute Gasteiger partial charge is 0.495 e. The van der Waals surface area contributed by atoms with Gasteiger partial charge in [0.05, 0.1) is 12.8 Å². The van der Waals surface area contributed by atoms with E-state index in [0.717, 1.165) is 18.6 Å². The summed E-state index contributed by atoms with van der Waals surface area (Å²) in [7, 11) is -2.78. The summed E-state index contributed by atoms with van der Waals surface area (Å²) in [5.74, 6) is -1.49. The lowest BCUT2D eigenvalue weighted by Gasteiger charge is -2.23. The maximum atomic E-state index is 14.0. The van der Waals surface area contributed by atoms with Gasteiger partial charge in [-0.25, -0.2) is 12.8 Å². The van der Waals surface area contributed by atoms with Gasteiger partial charge in [-0.1, -0.05) is 26.0 Å². The van der Waals surface area contributed by atoms with Gasteiger partial charge in [-0.3, -0.25) is 9.59 Å². The number of hydrogen-bond acceptors (Lipinski definition) is 5. The van der Waals surface area contributed by atoms with Crippen LogP contribution in [0.4, 0.5) is 15.8 Å². The molecule has 1 aliphatic heterocycles. The highest BCUT2D eigenvalue weighted by Gasteiger charge is 2.30. The second kappa shape index (κ2) is 9.66. The van der Waals surface area contributed by atoms with Gasteiger partial charge in [0, 0.05) is 18.7 Å². The Kier molecular flexibility index (Phi) is 7.15. The summed E-state index contributed by atoms with van der Waals surface area (Å²) in [5, 5.41) is 2.69. The fraction of sp³-hybridized carbons (Fsp3) is 0.364. The second-order valence-corrected chi connectivity index (χ2v) is 9.48. The van der Waals surface area contributed by atoms with Crippen LogP contribution >= 0.6 is 0 Å². The van der Waals surface area contributed by atoms with Crippen LogP contribution in [-0.4, -0.2) is 39.9 Å². The van der Waals surface area contributed by atoms with Crippen molar-refractivity contribution in [2.45, 2.75) is 37.6 Å². The standard InChI is InChI=1S/C22H26FN3O5S/c1-14(2)21(25-32(29,30)19-8-5-4-7-16(19)23)22(28)24-15-10-11-18(31-3)17(13-15)26-12-6-9-20(26)27/h4-5,7-8,10-11,13-14,21,25H,6,9,12H2,1-3H3,(H,24,28)/t21-/m0/s1. The number of hydrogen-bond donors (Lipinski definition) is 2. The molecule has 10 heteroatoms. The fourth-order valence-electron chi connectivity index (χ4n) is 3.49. The molecule has 1 fully saturated rings. The monoisotopic (exact) mass is 463 g/mol. The lowest BCUT2D eigenvalue weighted by Crippen LogP contribution is -2.47. The molecule has 1 atom stereocenters. The smallest absolute Gasteiger partial charge is 0.244 e. The van der Waals surface area contributed by atoms with E-state index in [9.17, 15) is 22.4 Å². The van der Waals surface area contributed by atoms with Crippen LogP contribution in [0.25, 0.3) is 0 Å². The molecule has 0 bridgehead atoms. The van der Waals surface area contributed by atoms with Crippen molar-refractivity contribution in [3.63, 3.8) is 0 Å². The molecule has 8 nitrogen and oxygen atoms in total. The molecular weight excluding hydrogens is 437 g/mol. The molecule has 32 heavy (non-hydrogen) atoms. The Bertz CT molecular complexity index is 1120. The summed E-state index contributed by atoms with van der Waals surface area (Å²) in [6.45, 7) is 3.90. The van der Waals surface area contributed by atoms with Crippen molar-refractivity contribution in [2.75, 3.05) is 23.9 Å². The van der Waals surface area contributed by atoms with Crippen LogP contribution in [0.15, 0.2) is 47.4 Å². The minimum Gasteiger partial charge on any atom is -0.495 e. The number of nitrogens with one attached hydrogen (secondary N) is 2. The Hall–Kier alpha value is -2.98. The van der Waals surface area contributed by atoms with Crippen molar-refractivity contribution >= 4 is 33.2 Å². The van der Waals surface area contributed by atoms with E-state index in [0.29, 0.717) is 30.1 Å². The molecule has 0 radical (unpaired) electrons. The maximum absolute atomic E-state index is 14.0. The third-order valence-electron chi connectivity index (χ3n) is 5.17. The molecule has 1 heterocycles. The molecule has 172 valence electrons. The summed E-state index contributed by atoms with van der Waals surface area (Å²) in [5.41, 5.74) is 0.905. The molecule has 0 unspecified atom stereocenters. The van der Waals surface area contributed by atoms with E-state index in [4.69, 9.17) is 4.74 Å². The highest BCUT2D eigenvalue weighted by Crippen LogP contribution is 2.34. The first-order valence-corrected chi connectivity index (χ1v) is 11.7. The first-order chi connectivity index (χ1) is 15.1. The molecule has 1 aliphatic rings. The van der Waals surface area contributed by atoms with Crippen molar-refractivity contribution in [2.24, 2.45) is 5.92 Å². The lowest BCUT2D eigenvalue weighted by atomic mass is 10.0. The Balaban J connectivity index is 1.84. The number of halogens is 1. The van der Waals surface area contributed by atoms with Crippen molar-refractivity contribution in [3.8, 4) is 5.75 Å². The van der Waals surface area contributed by atoms with Crippen LogP contribution in [0.1, 0.15) is 26.7 Å². The Labute approximate surface area is 186 Å². The van der Waals surface area contributed by atoms with Gasteiger partial charge in [0.1, 0.15) is 22.5 Å². The highest BCUT2D eigenvalue weighted by atomic mass is 32.2. The molecular formula is C22H26FN3O5S. The topological polar surface area (TPSA) is 105 Å². The third kappa shape index (κ3) is 5.08. The van der Waals surface area contributed by atoms with Gasteiger partial charge in [-0.2, -0.15) is 4.72 Å². The number of methoxy groups -OCH3 is 1. The summed E-state index contributed by atoms with van der Waals surface area (Å²) >= 11 is 0. The Morgan fingerprint density at radius 3 is 2.50 bits per heavy atom. The molecule has 1 saturated heterocycles. The maximum Gasteiger partial charge on any atom is 0.244 e. The number of anilines is 2. The number of benzene rings is 2. The highest BCUT2D eigenvalue weighted by molar-refractivity contribution is 7.89. The Morgan fingerprint density at radius 2 is 1.91 bits per heavy atom. The Morgan fingerprint density at radius 1 is 1.19 bits per heavy atom. The van der Waals surface area contributed by atoms with Crippen molar-refractivity contribution in [1.29, 1.82) is 0 Å². The summed E-state index contributed by atoms with van der Waals surface area (Å²) in [6, 6.07) is 8.65. The van der Waals surface area contributed by atoms with E-state index in [2.05, 4.69) is 10.0 Å². The van der Waals surface area contributed by atoms with Crippen LogP contribution in [0.2, 0.25) is 0 Å². The lowest BCUT2D eigenvalue weighted by molar-refractivity contribution is -0.118. The molecule has 0 spiro atoms. The number of sulfonamides is 1. The zero-order valence-electron chi connectivity index (χ0n) is 18.1. The first kappa shape index (κ1) is 23.7. The number of nitrogens with zero attached hydrogens (tertiary/aromatic N) is 1. The number of ether oxygens (including phenoxy) is 1. The van der Waals surface area contributed by atoms with E-state index in [1.54, 1.807) is 36.9 Å². The average Bonchev–Trinajstić information content (AvgIpc) is 3.17. The van der Waals surface area contributed by atoms with Crippen molar-refractivity contribution in [3.05, 3.63) is 48.3 Å². The van der Waals surface area contributed by atoms with E-state index in [1.807, 2.05) is 0 Å². The predicted octanol–water partition coefficient (Wildman–Crippen LogP) is 2.90. The van der Waals surface area contributed by atoms with Crippen LogP contribution in [0.5, 0.6) is 5.75 Å². The molecule has 0 saturated carbocycles.